The summed E-state index contributed by atoms with van der Waals surface area (Å²) < 4.78 is 42.4. The first kappa shape index (κ1) is 33.9. The summed E-state index contributed by atoms with van der Waals surface area (Å²) in [6.07, 6.45) is 3.76. The van der Waals surface area contributed by atoms with Crippen molar-refractivity contribution >= 4 is 35.0 Å². The van der Waals surface area contributed by atoms with Crippen LogP contribution in [-0.4, -0.2) is 47.4 Å². The summed E-state index contributed by atoms with van der Waals surface area (Å²) in [5, 5.41) is 9.82. The summed E-state index contributed by atoms with van der Waals surface area (Å²) in [7, 11) is 1.59. The van der Waals surface area contributed by atoms with Crippen LogP contribution >= 0.6 is 23.2 Å². The van der Waals surface area contributed by atoms with Crippen LogP contribution in [0, 0.1) is 5.92 Å². The molecule has 14 heteroatoms. The maximum atomic E-state index is 13.2. The normalized spacial score (nSPS) is 13.0. The van der Waals surface area contributed by atoms with Gasteiger partial charge in [0.1, 0.15) is 16.1 Å². The molecule has 224 valence electrons. The molecule has 0 radical (unpaired) electrons. The average Bonchev–Trinajstić information content (AvgIpc) is 3.74. The Labute approximate surface area is 245 Å². The van der Waals surface area contributed by atoms with Crippen LogP contribution in [0.2, 0.25) is 10.0 Å². The molecule has 10 nitrogen and oxygen atoms in total. The highest BCUT2D eigenvalue weighted by Gasteiger charge is 2.27. The number of amides is 1. The van der Waals surface area contributed by atoms with Gasteiger partial charge >= 0.3 is 12.7 Å². The fourth-order valence-electron chi connectivity index (χ4n) is 3.87. The topological polar surface area (TPSA) is 160 Å². The van der Waals surface area contributed by atoms with Gasteiger partial charge in [0, 0.05) is 37.7 Å². The van der Waals surface area contributed by atoms with Gasteiger partial charge in [-0.25, -0.2) is 15.0 Å². The lowest BCUT2D eigenvalue weighted by atomic mass is 10.0. The van der Waals surface area contributed by atoms with Crippen molar-refractivity contribution in [3.63, 3.8) is 0 Å². The third kappa shape index (κ3) is 9.66. The van der Waals surface area contributed by atoms with E-state index >= 15 is 0 Å². The molecule has 1 heterocycles. The van der Waals surface area contributed by atoms with Gasteiger partial charge in [-0.3, -0.25) is 0 Å². The smallest absolute Gasteiger partial charge is 0.410 e. The highest BCUT2D eigenvalue weighted by Crippen LogP contribution is 2.38. The van der Waals surface area contributed by atoms with Gasteiger partial charge in [0.15, 0.2) is 29.6 Å². The number of nitrogens with two attached hydrogens (primary N) is 1. The van der Waals surface area contributed by atoms with E-state index in [4.69, 9.17) is 37.9 Å². The molecule has 1 saturated carbocycles. The lowest BCUT2D eigenvalue weighted by molar-refractivity contribution is -0.825. The molecule has 1 fully saturated rings. The van der Waals surface area contributed by atoms with Crippen molar-refractivity contribution in [3.05, 3.63) is 81.6 Å². The van der Waals surface area contributed by atoms with Gasteiger partial charge in [0.25, 0.3) is 0 Å². The predicted octanol–water partition coefficient (Wildman–Crippen LogP) is 4.33. The molecule has 41 heavy (non-hydrogen) atoms. The molecular formula is C27H32Cl2F2N3O7+. The van der Waals surface area contributed by atoms with Crippen LogP contribution in [0.15, 0.2) is 54.9 Å². The van der Waals surface area contributed by atoms with Crippen molar-refractivity contribution in [3.8, 4) is 11.5 Å². The van der Waals surface area contributed by atoms with E-state index in [1.165, 1.54) is 11.0 Å². The maximum Gasteiger partial charge on any atom is 0.410 e. The average molecular weight is 619 g/mol. The SMILES string of the molecule is CN(Cc1ccc([NH2+]O)cc1)C(=O)O[C@@H](Cc1c(Cl)c[nH+]cc1Cl)c1ccc(OC(F)F)c(OCC2CC2)c1.O.[OH-]. The van der Waals surface area contributed by atoms with E-state index in [0.717, 1.165) is 23.9 Å². The van der Waals surface area contributed by atoms with E-state index in [-0.39, 0.29) is 35.4 Å². The number of nitrogens with one attached hydrogen (secondary N) is 1. The fraction of sp³-hybridized carbons (Fsp3) is 0.333. The number of aromatic amines is 1. The minimum atomic E-state index is -3.02. The second-order valence-corrected chi connectivity index (χ2v) is 10.1. The van der Waals surface area contributed by atoms with Gasteiger partial charge in [0.2, 0.25) is 0 Å². The number of aromatic nitrogens is 1. The number of alkyl halides is 2. The number of nitrogens with zero attached hydrogens (tertiary/aromatic N) is 1. The molecule has 0 bridgehead atoms. The van der Waals surface area contributed by atoms with Gasteiger partial charge in [-0.05, 0) is 42.0 Å². The molecule has 1 atom stereocenters. The van der Waals surface area contributed by atoms with Gasteiger partial charge in [-0.15, -0.1) is 0 Å². The molecule has 2 aromatic carbocycles. The Morgan fingerprint density at radius 3 is 2.37 bits per heavy atom. The van der Waals surface area contributed by atoms with Gasteiger partial charge in [-0.2, -0.15) is 14.3 Å². The molecule has 7 N–H and O–H groups in total. The standard InChI is InChI=1S/C27H27Cl2F2N3O5.2H2O/c1-34(14-16-4-7-19(33-36)8-5-16)27(35)39-24(11-20-21(28)12-32-13-22(20)29)18-6-9-23(38-26(30)31)25(10-18)37-15-17-2-3-17;;/h4-10,12-13,17,24,26,33,36H,2-3,11,14-15H2,1H3;2*1H2/p+1/t24-;;/m0../s1. The molecule has 1 aromatic heterocycles. The number of hydrogen-bond acceptors (Lipinski definition) is 6. The molecule has 4 rings (SSSR count). The van der Waals surface area contributed by atoms with Crippen molar-refractivity contribution in [1.82, 2.24) is 4.90 Å². The molecule has 0 aliphatic heterocycles. The van der Waals surface area contributed by atoms with Crippen LogP contribution in [-0.2, 0) is 17.7 Å². The van der Waals surface area contributed by atoms with E-state index < -0.39 is 18.8 Å². The van der Waals surface area contributed by atoms with E-state index in [1.807, 2.05) is 0 Å². The summed E-state index contributed by atoms with van der Waals surface area (Å²) in [6, 6.07) is 11.5. The molecule has 0 unspecified atom stereocenters. The van der Waals surface area contributed by atoms with E-state index in [0.29, 0.717) is 39.4 Å². The van der Waals surface area contributed by atoms with Crippen LogP contribution < -0.4 is 19.9 Å². The zero-order chi connectivity index (χ0) is 27.9. The molecule has 1 amide bonds. The minimum absolute atomic E-state index is 0. The molecule has 0 saturated heterocycles. The summed E-state index contributed by atoms with van der Waals surface area (Å²) >= 11 is 12.8. The highest BCUT2D eigenvalue weighted by molar-refractivity contribution is 6.35. The number of benzene rings is 2. The second kappa shape index (κ2) is 15.7. The number of pyridine rings is 1. The van der Waals surface area contributed by atoms with E-state index in [9.17, 15) is 13.6 Å². The van der Waals surface area contributed by atoms with Gasteiger partial charge in [0.05, 0.1) is 6.61 Å². The molecule has 3 aromatic rings. The number of carbonyl (C=O) groups excluding carboxylic acids is 1. The van der Waals surface area contributed by atoms with E-state index in [1.54, 1.807) is 55.8 Å². The largest absolute Gasteiger partial charge is 0.870 e. The van der Waals surface area contributed by atoms with E-state index in [2.05, 4.69) is 9.72 Å². The first-order valence-corrected chi connectivity index (χ1v) is 13.0. The first-order valence-electron chi connectivity index (χ1n) is 12.3. The Balaban J connectivity index is 0.00000294. The molecule has 0 spiro atoms. The Hall–Kier alpha value is -3.26. The Kier molecular flexibility index (Phi) is 13.0. The number of carbonyl (C=O) groups is 1. The number of rotatable bonds is 12. The number of ether oxygens (including phenoxy) is 3. The van der Waals surface area contributed by atoms with Crippen molar-refractivity contribution < 1.29 is 54.4 Å². The van der Waals surface area contributed by atoms with Crippen LogP contribution in [0.5, 0.6) is 11.5 Å². The molecule has 1 aliphatic rings. The zero-order valence-electron chi connectivity index (χ0n) is 22.0. The highest BCUT2D eigenvalue weighted by atomic mass is 35.5. The van der Waals surface area contributed by atoms with Crippen molar-refractivity contribution in [2.24, 2.45) is 5.92 Å². The van der Waals surface area contributed by atoms with Crippen molar-refractivity contribution in [1.29, 1.82) is 0 Å². The number of hydrogen-bond donors (Lipinski definition) is 2. The quantitative estimate of drug-likeness (QED) is 0.227. The van der Waals surface area contributed by atoms with Crippen LogP contribution in [0.25, 0.3) is 0 Å². The number of halogens is 4. The van der Waals surface area contributed by atoms with Crippen LogP contribution in [0.1, 0.15) is 35.6 Å². The zero-order valence-corrected chi connectivity index (χ0v) is 23.5. The maximum absolute atomic E-state index is 13.2. The molecule has 1 aliphatic carbocycles. The van der Waals surface area contributed by atoms with Crippen molar-refractivity contribution in [2.75, 3.05) is 13.7 Å². The number of H-pyrrole nitrogens is 1. The summed E-state index contributed by atoms with van der Waals surface area (Å²) in [5.74, 6) is 0.400. The lowest BCUT2D eigenvalue weighted by Crippen LogP contribution is -2.73. The number of quaternary nitrogens is 1. The monoisotopic (exact) mass is 618 g/mol. The third-order valence-electron chi connectivity index (χ3n) is 6.22. The van der Waals surface area contributed by atoms with Crippen molar-refractivity contribution in [2.45, 2.75) is 38.5 Å². The first-order chi connectivity index (χ1) is 18.7. The summed E-state index contributed by atoms with van der Waals surface area (Å²) in [4.78, 5) is 17.4. The van der Waals surface area contributed by atoms with Crippen LogP contribution in [0.4, 0.5) is 19.3 Å². The van der Waals surface area contributed by atoms with Crippen LogP contribution in [0.3, 0.4) is 0 Å². The second-order valence-electron chi connectivity index (χ2n) is 9.27. The molecular weight excluding hydrogens is 587 g/mol. The Morgan fingerprint density at radius 2 is 1.78 bits per heavy atom. The van der Waals surface area contributed by atoms with Gasteiger partial charge in [-0.1, -0.05) is 41.4 Å². The Bertz CT molecular complexity index is 1260. The lowest BCUT2D eigenvalue weighted by Gasteiger charge is -2.24. The predicted molar refractivity (Wildman–Crippen MR) is 144 cm³/mol. The Morgan fingerprint density at radius 1 is 1.12 bits per heavy atom. The fourth-order valence-corrected chi connectivity index (χ4v) is 4.40. The summed E-state index contributed by atoms with van der Waals surface area (Å²) in [6.45, 7) is -2.41. The third-order valence-corrected chi connectivity index (χ3v) is 6.89. The summed E-state index contributed by atoms with van der Waals surface area (Å²) in [5.41, 5.74) is 3.49. The van der Waals surface area contributed by atoms with Gasteiger partial charge < -0.3 is 30.1 Å². The minimum Gasteiger partial charge on any atom is -0.870 e.